The molecular weight excluding hydrogens is 194 g/mol. The monoisotopic (exact) mass is 209 g/mol. The van der Waals surface area contributed by atoms with Gasteiger partial charge >= 0.3 is 0 Å². The Balaban J connectivity index is 2.56. The van der Waals surface area contributed by atoms with E-state index in [9.17, 15) is 0 Å². The minimum atomic E-state index is 0.244. The van der Waals surface area contributed by atoms with Crippen molar-refractivity contribution in [2.75, 3.05) is 6.54 Å². The molecule has 0 amide bonds. The van der Waals surface area contributed by atoms with Crippen LogP contribution in [0.4, 0.5) is 0 Å². The van der Waals surface area contributed by atoms with Crippen molar-refractivity contribution >= 4 is 11.3 Å². The van der Waals surface area contributed by atoms with Gasteiger partial charge in [0.05, 0.1) is 16.8 Å². The van der Waals surface area contributed by atoms with Crippen LogP contribution in [-0.2, 0) is 0 Å². The Hall–Kier alpha value is -0.920. The first-order valence-corrected chi connectivity index (χ1v) is 5.51. The normalized spacial score (nSPS) is 12.4. The topological polar surface area (TPSA) is 48.7 Å². The molecule has 0 radical (unpaired) electrons. The molecule has 0 aromatic carbocycles. The highest BCUT2D eigenvalue weighted by Crippen LogP contribution is 2.22. The van der Waals surface area contributed by atoms with Crippen molar-refractivity contribution < 1.29 is 0 Å². The summed E-state index contributed by atoms with van der Waals surface area (Å²) in [6.07, 6.45) is 0.548. The fraction of sp³-hybridized carbons (Fsp3) is 0.600. The van der Waals surface area contributed by atoms with Gasteiger partial charge in [-0.1, -0.05) is 0 Å². The Kier molecular flexibility index (Phi) is 4.05. The maximum absolute atomic E-state index is 8.40. The first-order valence-electron chi connectivity index (χ1n) is 4.69. The van der Waals surface area contributed by atoms with Crippen molar-refractivity contribution in [3.8, 4) is 6.07 Å². The predicted octanol–water partition coefficient (Wildman–Crippen LogP) is 2.32. The van der Waals surface area contributed by atoms with Crippen LogP contribution in [0.5, 0.6) is 0 Å². The SMILES string of the molecule is Cc1nc(C(C)NCCC#N)c(C)s1. The summed E-state index contributed by atoms with van der Waals surface area (Å²) >= 11 is 1.72. The number of aromatic nitrogens is 1. The van der Waals surface area contributed by atoms with Crippen LogP contribution in [0.2, 0.25) is 0 Å². The number of thiazole rings is 1. The molecule has 1 aromatic heterocycles. The number of nitriles is 1. The minimum absolute atomic E-state index is 0.244. The molecule has 76 valence electrons. The number of hydrogen-bond donors (Lipinski definition) is 1. The molecule has 0 aliphatic heterocycles. The first kappa shape index (κ1) is 11.2. The number of nitrogens with one attached hydrogen (secondary N) is 1. The molecule has 1 atom stereocenters. The van der Waals surface area contributed by atoms with Crippen molar-refractivity contribution in [1.82, 2.24) is 10.3 Å². The lowest BCUT2D eigenvalue weighted by Gasteiger charge is -2.10. The second-order valence-electron chi connectivity index (χ2n) is 3.26. The zero-order valence-electron chi connectivity index (χ0n) is 8.79. The van der Waals surface area contributed by atoms with Gasteiger partial charge in [0.2, 0.25) is 0 Å². The van der Waals surface area contributed by atoms with Gasteiger partial charge in [0.25, 0.3) is 0 Å². The van der Waals surface area contributed by atoms with E-state index >= 15 is 0 Å². The third-order valence-electron chi connectivity index (χ3n) is 2.04. The van der Waals surface area contributed by atoms with Gasteiger partial charge in [0.15, 0.2) is 0 Å². The summed E-state index contributed by atoms with van der Waals surface area (Å²) in [4.78, 5) is 5.73. The van der Waals surface area contributed by atoms with Gasteiger partial charge in [0.1, 0.15) is 0 Å². The lowest BCUT2D eigenvalue weighted by Crippen LogP contribution is -2.20. The molecule has 0 aliphatic rings. The molecule has 0 saturated carbocycles. The molecule has 1 unspecified atom stereocenters. The zero-order chi connectivity index (χ0) is 10.6. The number of nitrogens with zero attached hydrogens (tertiary/aromatic N) is 2. The second kappa shape index (κ2) is 5.08. The van der Waals surface area contributed by atoms with Crippen LogP contribution in [0.25, 0.3) is 0 Å². The van der Waals surface area contributed by atoms with E-state index in [0.29, 0.717) is 6.42 Å². The van der Waals surface area contributed by atoms with E-state index in [1.54, 1.807) is 11.3 Å². The maximum atomic E-state index is 8.40. The van der Waals surface area contributed by atoms with Crippen LogP contribution in [0.1, 0.15) is 35.0 Å². The Labute approximate surface area is 88.8 Å². The van der Waals surface area contributed by atoms with Crippen molar-refractivity contribution in [3.05, 3.63) is 15.6 Å². The van der Waals surface area contributed by atoms with E-state index in [1.807, 2.05) is 6.92 Å². The van der Waals surface area contributed by atoms with Gasteiger partial charge in [-0.2, -0.15) is 5.26 Å². The maximum Gasteiger partial charge on any atom is 0.0900 e. The molecule has 14 heavy (non-hydrogen) atoms. The van der Waals surface area contributed by atoms with E-state index in [4.69, 9.17) is 5.26 Å². The van der Waals surface area contributed by atoms with E-state index in [2.05, 4.69) is 30.2 Å². The first-order chi connectivity index (χ1) is 6.65. The Bertz CT molecular complexity index is 338. The van der Waals surface area contributed by atoms with E-state index in [1.165, 1.54) is 4.88 Å². The minimum Gasteiger partial charge on any atom is -0.308 e. The third kappa shape index (κ3) is 2.79. The predicted molar refractivity (Wildman–Crippen MR) is 58.2 cm³/mol. The van der Waals surface area contributed by atoms with Gasteiger partial charge in [0, 0.05) is 23.9 Å². The van der Waals surface area contributed by atoms with E-state index < -0.39 is 0 Å². The Morgan fingerprint density at radius 2 is 2.29 bits per heavy atom. The smallest absolute Gasteiger partial charge is 0.0900 e. The largest absolute Gasteiger partial charge is 0.308 e. The van der Waals surface area contributed by atoms with Crippen LogP contribution in [0, 0.1) is 25.2 Å². The zero-order valence-corrected chi connectivity index (χ0v) is 9.61. The summed E-state index contributed by atoms with van der Waals surface area (Å²) in [5.74, 6) is 0. The van der Waals surface area contributed by atoms with Crippen LogP contribution in [0.15, 0.2) is 0 Å². The molecule has 1 rings (SSSR count). The van der Waals surface area contributed by atoms with Crippen molar-refractivity contribution in [2.45, 2.75) is 33.2 Å². The number of rotatable bonds is 4. The number of aryl methyl sites for hydroxylation is 2. The van der Waals surface area contributed by atoms with Gasteiger partial charge in [-0.15, -0.1) is 11.3 Å². The van der Waals surface area contributed by atoms with Gasteiger partial charge in [-0.3, -0.25) is 0 Å². The summed E-state index contributed by atoms with van der Waals surface area (Å²) in [5.41, 5.74) is 1.12. The van der Waals surface area contributed by atoms with Gasteiger partial charge < -0.3 is 5.32 Å². The molecule has 0 aliphatic carbocycles. The average Bonchev–Trinajstić information content (AvgIpc) is 2.45. The molecule has 1 heterocycles. The van der Waals surface area contributed by atoms with Crippen molar-refractivity contribution in [2.24, 2.45) is 0 Å². The van der Waals surface area contributed by atoms with Gasteiger partial charge in [-0.25, -0.2) is 4.98 Å². The molecule has 0 fully saturated rings. The standard InChI is InChI=1S/C10H15N3S/c1-7(12-6-4-5-11)10-8(2)14-9(3)13-10/h7,12H,4,6H2,1-3H3. The molecule has 1 N–H and O–H groups in total. The third-order valence-corrected chi connectivity index (χ3v) is 2.94. The lowest BCUT2D eigenvalue weighted by atomic mass is 10.2. The molecule has 1 aromatic rings. The van der Waals surface area contributed by atoms with Crippen LogP contribution < -0.4 is 5.32 Å². The fourth-order valence-corrected chi connectivity index (χ4v) is 2.30. The molecule has 3 nitrogen and oxygen atoms in total. The highest BCUT2D eigenvalue weighted by Gasteiger charge is 2.11. The van der Waals surface area contributed by atoms with E-state index in [0.717, 1.165) is 17.2 Å². The van der Waals surface area contributed by atoms with Crippen LogP contribution in [-0.4, -0.2) is 11.5 Å². The summed E-state index contributed by atoms with van der Waals surface area (Å²) in [6.45, 7) is 6.91. The van der Waals surface area contributed by atoms with Gasteiger partial charge in [-0.05, 0) is 20.8 Å². The lowest BCUT2D eigenvalue weighted by molar-refractivity contribution is 0.569. The molecule has 0 bridgehead atoms. The fourth-order valence-electron chi connectivity index (χ4n) is 1.39. The average molecular weight is 209 g/mol. The summed E-state index contributed by atoms with van der Waals surface area (Å²) in [5, 5.41) is 12.8. The van der Waals surface area contributed by atoms with Crippen molar-refractivity contribution in [3.63, 3.8) is 0 Å². The highest BCUT2D eigenvalue weighted by molar-refractivity contribution is 7.11. The molecule has 0 saturated heterocycles. The summed E-state index contributed by atoms with van der Waals surface area (Å²) in [6, 6.07) is 2.36. The summed E-state index contributed by atoms with van der Waals surface area (Å²) < 4.78 is 0. The summed E-state index contributed by atoms with van der Waals surface area (Å²) in [7, 11) is 0. The number of hydrogen-bond acceptors (Lipinski definition) is 4. The molecule has 4 heteroatoms. The highest BCUT2D eigenvalue weighted by atomic mass is 32.1. The second-order valence-corrected chi connectivity index (χ2v) is 4.67. The Morgan fingerprint density at radius 3 is 2.79 bits per heavy atom. The molecule has 0 spiro atoms. The molecular formula is C10H15N3S. The van der Waals surface area contributed by atoms with E-state index in [-0.39, 0.29) is 6.04 Å². The van der Waals surface area contributed by atoms with Crippen molar-refractivity contribution in [1.29, 1.82) is 5.26 Å². The quantitative estimate of drug-likeness (QED) is 0.774. The Morgan fingerprint density at radius 1 is 1.57 bits per heavy atom. The van der Waals surface area contributed by atoms with Crippen LogP contribution in [0.3, 0.4) is 0 Å². The van der Waals surface area contributed by atoms with Crippen LogP contribution >= 0.6 is 11.3 Å².